The van der Waals surface area contributed by atoms with Crippen molar-refractivity contribution in [1.29, 1.82) is 0 Å². The van der Waals surface area contributed by atoms with Crippen molar-refractivity contribution in [3.8, 4) is 0 Å². The average Bonchev–Trinajstić information content (AvgIpc) is 2.86. The van der Waals surface area contributed by atoms with Crippen molar-refractivity contribution >= 4 is 46.5 Å². The maximum atomic E-state index is 12.5. The van der Waals surface area contributed by atoms with E-state index < -0.39 is 0 Å². The summed E-state index contributed by atoms with van der Waals surface area (Å²) in [5.41, 5.74) is 3.29. The number of nitrogens with one attached hydrogen (secondary N) is 2. The van der Waals surface area contributed by atoms with Crippen LogP contribution in [0.15, 0.2) is 28.5 Å². The molecule has 1 aliphatic heterocycles. The van der Waals surface area contributed by atoms with E-state index in [0.29, 0.717) is 5.13 Å². The number of hydrogen-bond acceptors (Lipinski definition) is 5. The highest BCUT2D eigenvalue weighted by atomic mass is 35.5. The fourth-order valence-corrected chi connectivity index (χ4v) is 4.16. The number of thiazole rings is 1. The van der Waals surface area contributed by atoms with Gasteiger partial charge in [0.1, 0.15) is 6.04 Å². The van der Waals surface area contributed by atoms with Crippen molar-refractivity contribution in [3.63, 3.8) is 0 Å². The molecule has 1 amide bonds. The Labute approximate surface area is 144 Å². The summed E-state index contributed by atoms with van der Waals surface area (Å²) in [6, 6.07) is 7.82. The molecule has 2 N–H and O–H groups in total. The molecule has 1 aliphatic rings. The van der Waals surface area contributed by atoms with Gasteiger partial charge in [-0.25, -0.2) is 4.98 Å². The van der Waals surface area contributed by atoms with E-state index >= 15 is 0 Å². The molecule has 7 heteroatoms. The molecule has 0 saturated heterocycles. The van der Waals surface area contributed by atoms with Gasteiger partial charge in [-0.05, 0) is 30.7 Å². The third kappa shape index (κ3) is 3.46. The molecule has 2 heterocycles. The lowest BCUT2D eigenvalue weighted by molar-refractivity contribution is -0.118. The minimum absolute atomic E-state index is 0. The minimum atomic E-state index is -0.295. The summed E-state index contributed by atoms with van der Waals surface area (Å²) in [4.78, 5) is 16.9. The van der Waals surface area contributed by atoms with E-state index in [1.807, 2.05) is 31.4 Å². The quantitative estimate of drug-likeness (QED) is 0.828. The first kappa shape index (κ1) is 17.3. The summed E-state index contributed by atoms with van der Waals surface area (Å²) in [5, 5.41) is 6.90. The van der Waals surface area contributed by atoms with E-state index in [4.69, 9.17) is 0 Å². The number of aryl methyl sites for hydroxylation is 1. The molecule has 118 valence electrons. The van der Waals surface area contributed by atoms with Crippen LogP contribution in [0.1, 0.15) is 22.9 Å². The maximum absolute atomic E-state index is 12.5. The lowest BCUT2D eigenvalue weighted by Crippen LogP contribution is -2.38. The molecule has 22 heavy (non-hydrogen) atoms. The van der Waals surface area contributed by atoms with Crippen LogP contribution in [-0.4, -0.2) is 23.7 Å². The SMILES string of the molecule is CSc1sc(NC(=O)C2NCCc3ccccc32)nc1C.Cl. The van der Waals surface area contributed by atoms with Gasteiger partial charge in [-0.15, -0.1) is 24.2 Å². The van der Waals surface area contributed by atoms with E-state index in [9.17, 15) is 4.79 Å². The molecular weight excluding hydrogens is 338 g/mol. The number of fused-ring (bicyclic) bond motifs is 1. The van der Waals surface area contributed by atoms with Crippen molar-refractivity contribution in [2.24, 2.45) is 0 Å². The zero-order valence-electron chi connectivity index (χ0n) is 12.4. The Morgan fingerprint density at radius 2 is 2.23 bits per heavy atom. The molecule has 4 nitrogen and oxygen atoms in total. The molecule has 0 fully saturated rings. The number of halogens is 1. The Balaban J connectivity index is 0.00000176. The van der Waals surface area contributed by atoms with Crippen molar-refractivity contribution in [2.75, 3.05) is 18.1 Å². The summed E-state index contributed by atoms with van der Waals surface area (Å²) < 4.78 is 1.14. The second kappa shape index (κ2) is 7.46. The topological polar surface area (TPSA) is 54.0 Å². The summed E-state index contributed by atoms with van der Waals surface area (Å²) in [5.74, 6) is -0.0384. The van der Waals surface area contributed by atoms with Crippen LogP contribution in [-0.2, 0) is 11.2 Å². The molecule has 0 spiro atoms. The van der Waals surface area contributed by atoms with Crippen molar-refractivity contribution in [1.82, 2.24) is 10.3 Å². The Bertz CT molecular complexity index is 675. The molecule has 1 atom stereocenters. The van der Waals surface area contributed by atoms with Gasteiger partial charge in [-0.1, -0.05) is 35.6 Å². The number of benzene rings is 1. The highest BCUT2D eigenvalue weighted by Gasteiger charge is 2.26. The van der Waals surface area contributed by atoms with Crippen LogP contribution in [0.25, 0.3) is 0 Å². The highest BCUT2D eigenvalue weighted by molar-refractivity contribution is 8.00. The lowest BCUT2D eigenvalue weighted by Gasteiger charge is -2.25. The molecule has 0 saturated carbocycles. The number of carbonyl (C=O) groups excluding carboxylic acids is 1. The number of aromatic nitrogens is 1. The number of amides is 1. The van der Waals surface area contributed by atoms with Crippen LogP contribution in [0.2, 0.25) is 0 Å². The molecule has 1 unspecified atom stereocenters. The number of carbonyl (C=O) groups is 1. The largest absolute Gasteiger partial charge is 0.302 e. The van der Waals surface area contributed by atoms with E-state index in [2.05, 4.69) is 21.7 Å². The van der Waals surface area contributed by atoms with Gasteiger partial charge < -0.3 is 10.6 Å². The normalized spacial score (nSPS) is 16.5. The minimum Gasteiger partial charge on any atom is -0.302 e. The summed E-state index contributed by atoms with van der Waals surface area (Å²) in [7, 11) is 0. The molecular formula is C15H18ClN3OS2. The number of rotatable bonds is 3. The average molecular weight is 356 g/mol. The highest BCUT2D eigenvalue weighted by Crippen LogP contribution is 2.31. The van der Waals surface area contributed by atoms with Crippen molar-refractivity contribution < 1.29 is 4.79 Å². The summed E-state index contributed by atoms with van der Waals surface area (Å²) >= 11 is 3.18. The maximum Gasteiger partial charge on any atom is 0.247 e. The van der Waals surface area contributed by atoms with Gasteiger partial charge in [0.15, 0.2) is 5.13 Å². The monoisotopic (exact) mass is 355 g/mol. The van der Waals surface area contributed by atoms with Gasteiger partial charge in [0.25, 0.3) is 0 Å². The van der Waals surface area contributed by atoms with Gasteiger partial charge in [-0.2, -0.15) is 0 Å². The van der Waals surface area contributed by atoms with Gasteiger partial charge in [-0.3, -0.25) is 4.79 Å². The van der Waals surface area contributed by atoms with E-state index in [1.54, 1.807) is 11.8 Å². The second-order valence-electron chi connectivity index (χ2n) is 4.92. The zero-order chi connectivity index (χ0) is 14.8. The fraction of sp³-hybridized carbons (Fsp3) is 0.333. The molecule has 0 bridgehead atoms. The summed E-state index contributed by atoms with van der Waals surface area (Å²) in [6.45, 7) is 2.79. The summed E-state index contributed by atoms with van der Waals surface area (Å²) in [6.07, 6.45) is 2.98. The molecule has 2 aromatic rings. The predicted octanol–water partition coefficient (Wildman–Crippen LogP) is 3.42. The van der Waals surface area contributed by atoms with Crippen LogP contribution in [0.5, 0.6) is 0 Å². The standard InChI is InChI=1S/C15H17N3OS2.ClH/c1-9-14(20-2)21-15(17-9)18-13(19)12-11-6-4-3-5-10(11)7-8-16-12;/h3-6,12,16H,7-8H2,1-2H3,(H,17,18,19);1H. The third-order valence-corrected chi connectivity index (χ3v) is 5.82. The van der Waals surface area contributed by atoms with Crippen molar-refractivity contribution in [3.05, 3.63) is 41.1 Å². The second-order valence-corrected chi connectivity index (χ2v) is 7.00. The Kier molecular flexibility index (Phi) is 5.86. The first-order chi connectivity index (χ1) is 10.2. The number of nitrogens with zero attached hydrogens (tertiary/aromatic N) is 1. The Morgan fingerprint density at radius 1 is 1.45 bits per heavy atom. The van der Waals surface area contributed by atoms with Crippen LogP contribution in [0.4, 0.5) is 5.13 Å². The fourth-order valence-electron chi connectivity index (χ4n) is 2.54. The van der Waals surface area contributed by atoms with Crippen molar-refractivity contribution in [2.45, 2.75) is 23.6 Å². The Hall–Kier alpha value is -1.08. The zero-order valence-corrected chi connectivity index (χ0v) is 14.8. The van der Waals surface area contributed by atoms with E-state index in [-0.39, 0.29) is 24.4 Å². The van der Waals surface area contributed by atoms with Gasteiger partial charge in [0.2, 0.25) is 5.91 Å². The van der Waals surface area contributed by atoms with Crippen LogP contribution in [0.3, 0.4) is 0 Å². The number of thioether (sulfide) groups is 1. The van der Waals surface area contributed by atoms with Gasteiger partial charge in [0, 0.05) is 6.54 Å². The Morgan fingerprint density at radius 3 is 2.95 bits per heavy atom. The first-order valence-electron chi connectivity index (χ1n) is 6.82. The molecule has 1 aromatic carbocycles. The van der Waals surface area contributed by atoms with E-state index in [1.165, 1.54) is 16.9 Å². The van der Waals surface area contributed by atoms with Gasteiger partial charge in [0.05, 0.1) is 9.90 Å². The van der Waals surface area contributed by atoms with Crippen LogP contribution >= 0.6 is 35.5 Å². The van der Waals surface area contributed by atoms with Gasteiger partial charge >= 0.3 is 0 Å². The third-order valence-electron chi connectivity index (χ3n) is 3.54. The molecule has 3 rings (SSSR count). The van der Waals surface area contributed by atoms with Crippen LogP contribution < -0.4 is 10.6 Å². The van der Waals surface area contributed by atoms with Crippen LogP contribution in [0, 0.1) is 6.92 Å². The first-order valence-corrected chi connectivity index (χ1v) is 8.86. The smallest absolute Gasteiger partial charge is 0.247 e. The molecule has 1 aromatic heterocycles. The van der Waals surface area contributed by atoms with E-state index in [0.717, 1.165) is 28.4 Å². The predicted molar refractivity (Wildman–Crippen MR) is 95.4 cm³/mol. The number of hydrogen-bond donors (Lipinski definition) is 2. The molecule has 0 aliphatic carbocycles. The number of anilines is 1. The lowest BCUT2D eigenvalue weighted by atomic mass is 9.94. The molecule has 0 radical (unpaired) electrons.